The Labute approximate surface area is 110 Å². The quantitative estimate of drug-likeness (QED) is 0.829. The molecule has 0 aliphatic heterocycles. The number of hydrogen-bond donors (Lipinski definition) is 1. The number of hydrogen-bond acceptors (Lipinski definition) is 2. The lowest BCUT2D eigenvalue weighted by molar-refractivity contribution is -0.0355. The van der Waals surface area contributed by atoms with Gasteiger partial charge in [-0.3, -0.25) is 0 Å². The summed E-state index contributed by atoms with van der Waals surface area (Å²) in [5.74, 6) is 0.755. The summed E-state index contributed by atoms with van der Waals surface area (Å²) in [7, 11) is 0. The van der Waals surface area contributed by atoms with E-state index in [0.717, 1.165) is 17.9 Å². The van der Waals surface area contributed by atoms with E-state index in [2.05, 4.69) is 24.3 Å². The Balaban J connectivity index is 2.03. The molecular formula is C16H24O2. The van der Waals surface area contributed by atoms with Crippen LogP contribution < -0.4 is 0 Å². The molecule has 18 heavy (non-hydrogen) atoms. The van der Waals surface area contributed by atoms with Gasteiger partial charge in [0.1, 0.15) is 6.10 Å². The van der Waals surface area contributed by atoms with Crippen molar-refractivity contribution in [1.82, 2.24) is 0 Å². The van der Waals surface area contributed by atoms with Gasteiger partial charge in [-0.1, -0.05) is 37.6 Å². The third-order valence-electron chi connectivity index (χ3n) is 3.99. The van der Waals surface area contributed by atoms with Crippen LogP contribution in [0.2, 0.25) is 0 Å². The van der Waals surface area contributed by atoms with Gasteiger partial charge in [0.25, 0.3) is 0 Å². The first-order chi connectivity index (χ1) is 8.76. The Hall–Kier alpha value is -0.860. The van der Waals surface area contributed by atoms with E-state index in [4.69, 9.17) is 4.74 Å². The zero-order valence-corrected chi connectivity index (χ0v) is 11.4. The fraction of sp³-hybridized carbons (Fsp3) is 0.625. The molecule has 2 nitrogen and oxygen atoms in total. The first-order valence-corrected chi connectivity index (χ1v) is 7.15. The summed E-state index contributed by atoms with van der Waals surface area (Å²) < 4.78 is 5.57. The highest BCUT2D eigenvalue weighted by Gasteiger charge is 2.22. The maximum absolute atomic E-state index is 10.3. The van der Waals surface area contributed by atoms with Gasteiger partial charge in [0.05, 0.1) is 6.10 Å². The molecule has 2 heteroatoms. The number of benzene rings is 1. The van der Waals surface area contributed by atoms with Gasteiger partial charge >= 0.3 is 0 Å². The van der Waals surface area contributed by atoms with Gasteiger partial charge in [0.15, 0.2) is 0 Å². The van der Waals surface area contributed by atoms with Crippen molar-refractivity contribution < 1.29 is 9.84 Å². The lowest BCUT2D eigenvalue weighted by Crippen LogP contribution is -2.21. The Morgan fingerprint density at radius 2 is 1.89 bits per heavy atom. The summed E-state index contributed by atoms with van der Waals surface area (Å²) in [5, 5.41) is 10.3. The normalized spacial score (nSPS) is 19.3. The van der Waals surface area contributed by atoms with Gasteiger partial charge in [0, 0.05) is 6.61 Å². The summed E-state index contributed by atoms with van der Waals surface area (Å²) >= 11 is 0. The maximum Gasteiger partial charge on any atom is 0.105 e. The summed E-state index contributed by atoms with van der Waals surface area (Å²) in [6.07, 6.45) is 4.23. The largest absolute Gasteiger partial charge is 0.386 e. The molecule has 2 rings (SSSR count). The van der Waals surface area contributed by atoms with Crippen LogP contribution in [0.1, 0.15) is 62.7 Å². The molecule has 0 radical (unpaired) electrons. The molecule has 1 aromatic rings. The van der Waals surface area contributed by atoms with Crippen molar-refractivity contribution in [1.29, 1.82) is 0 Å². The highest BCUT2D eigenvalue weighted by Crippen LogP contribution is 2.36. The second kappa shape index (κ2) is 6.35. The Kier molecular flexibility index (Phi) is 4.79. The molecule has 0 saturated heterocycles. The molecule has 0 aromatic heterocycles. The van der Waals surface area contributed by atoms with Gasteiger partial charge < -0.3 is 9.84 Å². The SMILES string of the molecule is CCOC(CC)C(O)c1ccc(C2CCC2)cc1. The lowest BCUT2D eigenvalue weighted by atomic mass is 9.80. The zero-order chi connectivity index (χ0) is 13.0. The van der Waals surface area contributed by atoms with Crippen molar-refractivity contribution in [3.8, 4) is 0 Å². The lowest BCUT2D eigenvalue weighted by Gasteiger charge is -2.27. The van der Waals surface area contributed by atoms with Crippen LogP contribution in [0, 0.1) is 0 Å². The van der Waals surface area contributed by atoms with E-state index in [-0.39, 0.29) is 6.10 Å². The van der Waals surface area contributed by atoms with Gasteiger partial charge in [0.2, 0.25) is 0 Å². The van der Waals surface area contributed by atoms with Crippen molar-refractivity contribution in [2.75, 3.05) is 6.61 Å². The minimum atomic E-state index is -0.509. The zero-order valence-electron chi connectivity index (χ0n) is 11.4. The highest BCUT2D eigenvalue weighted by molar-refractivity contribution is 5.28. The Morgan fingerprint density at radius 1 is 1.22 bits per heavy atom. The Bertz CT molecular complexity index is 354. The first-order valence-electron chi connectivity index (χ1n) is 7.15. The number of aliphatic hydroxyl groups is 1. The second-order valence-electron chi connectivity index (χ2n) is 5.14. The van der Waals surface area contributed by atoms with Crippen LogP contribution in [0.5, 0.6) is 0 Å². The fourth-order valence-electron chi connectivity index (χ4n) is 2.57. The molecule has 0 spiro atoms. The van der Waals surface area contributed by atoms with Crippen molar-refractivity contribution >= 4 is 0 Å². The van der Waals surface area contributed by atoms with E-state index >= 15 is 0 Å². The molecule has 1 N–H and O–H groups in total. The summed E-state index contributed by atoms with van der Waals surface area (Å²) in [4.78, 5) is 0. The fourth-order valence-corrected chi connectivity index (χ4v) is 2.57. The number of rotatable bonds is 6. The van der Waals surface area contributed by atoms with E-state index in [1.807, 2.05) is 13.8 Å². The van der Waals surface area contributed by atoms with E-state index in [1.54, 1.807) is 0 Å². The minimum Gasteiger partial charge on any atom is -0.386 e. The molecule has 1 aliphatic carbocycles. The smallest absolute Gasteiger partial charge is 0.105 e. The van der Waals surface area contributed by atoms with Gasteiger partial charge in [-0.15, -0.1) is 0 Å². The van der Waals surface area contributed by atoms with Crippen LogP contribution in [0.15, 0.2) is 24.3 Å². The molecule has 2 unspecified atom stereocenters. The monoisotopic (exact) mass is 248 g/mol. The van der Waals surface area contributed by atoms with Crippen LogP contribution in [0.25, 0.3) is 0 Å². The van der Waals surface area contributed by atoms with Crippen molar-refractivity contribution in [2.24, 2.45) is 0 Å². The second-order valence-corrected chi connectivity index (χ2v) is 5.14. The first kappa shape index (κ1) is 13.6. The predicted octanol–water partition coefficient (Wildman–Crippen LogP) is 3.80. The van der Waals surface area contributed by atoms with E-state index in [1.165, 1.54) is 24.8 Å². The van der Waals surface area contributed by atoms with Crippen LogP contribution in [0.4, 0.5) is 0 Å². The van der Waals surface area contributed by atoms with Gasteiger partial charge in [-0.25, -0.2) is 0 Å². The highest BCUT2D eigenvalue weighted by atomic mass is 16.5. The maximum atomic E-state index is 10.3. The van der Waals surface area contributed by atoms with Crippen LogP contribution in [0.3, 0.4) is 0 Å². The summed E-state index contributed by atoms with van der Waals surface area (Å²) in [5.41, 5.74) is 2.39. The van der Waals surface area contributed by atoms with Crippen molar-refractivity contribution in [3.05, 3.63) is 35.4 Å². The molecule has 0 bridgehead atoms. The molecule has 1 fully saturated rings. The third-order valence-corrected chi connectivity index (χ3v) is 3.99. The number of aliphatic hydroxyl groups excluding tert-OH is 1. The molecule has 1 aliphatic rings. The molecule has 0 heterocycles. The third kappa shape index (κ3) is 2.93. The van der Waals surface area contributed by atoms with Crippen LogP contribution in [-0.4, -0.2) is 17.8 Å². The van der Waals surface area contributed by atoms with Crippen molar-refractivity contribution in [2.45, 2.75) is 57.7 Å². The predicted molar refractivity (Wildman–Crippen MR) is 73.7 cm³/mol. The summed E-state index contributed by atoms with van der Waals surface area (Å²) in [6.45, 7) is 4.66. The van der Waals surface area contributed by atoms with Crippen LogP contribution in [-0.2, 0) is 4.74 Å². The van der Waals surface area contributed by atoms with Gasteiger partial charge in [-0.05, 0) is 43.2 Å². The average molecular weight is 248 g/mol. The minimum absolute atomic E-state index is 0.0930. The standard InChI is InChI=1S/C16H24O2/c1-3-15(18-4-2)16(17)14-10-8-13(9-11-14)12-6-5-7-12/h8-12,15-17H,3-7H2,1-2H3. The van der Waals surface area contributed by atoms with E-state index < -0.39 is 6.10 Å². The molecule has 1 saturated carbocycles. The molecular weight excluding hydrogens is 224 g/mol. The average Bonchev–Trinajstić information content (AvgIpc) is 2.34. The molecule has 1 aromatic carbocycles. The Morgan fingerprint density at radius 3 is 2.33 bits per heavy atom. The van der Waals surface area contributed by atoms with E-state index in [9.17, 15) is 5.11 Å². The molecule has 2 atom stereocenters. The van der Waals surface area contributed by atoms with Crippen LogP contribution >= 0.6 is 0 Å². The van der Waals surface area contributed by atoms with Gasteiger partial charge in [-0.2, -0.15) is 0 Å². The number of ether oxygens (including phenoxy) is 1. The molecule has 100 valence electrons. The topological polar surface area (TPSA) is 29.5 Å². The molecule has 0 amide bonds. The van der Waals surface area contributed by atoms with Crippen molar-refractivity contribution in [3.63, 3.8) is 0 Å². The summed E-state index contributed by atoms with van der Waals surface area (Å²) in [6, 6.07) is 8.45. The van der Waals surface area contributed by atoms with E-state index in [0.29, 0.717) is 6.61 Å².